The number of ether oxygens (including phenoxy) is 1. The van der Waals surface area contributed by atoms with E-state index in [4.69, 9.17) is 4.74 Å². The van der Waals surface area contributed by atoms with Gasteiger partial charge in [0.2, 0.25) is 10.0 Å². The zero-order chi connectivity index (χ0) is 13.5. The first-order valence-corrected chi connectivity index (χ1v) is 8.89. The van der Waals surface area contributed by atoms with Crippen molar-refractivity contribution in [2.75, 3.05) is 12.4 Å². The van der Waals surface area contributed by atoms with Crippen LogP contribution < -0.4 is 9.46 Å². The third-order valence-electron chi connectivity index (χ3n) is 3.46. The van der Waals surface area contributed by atoms with Gasteiger partial charge in [-0.2, -0.15) is 0 Å². The van der Waals surface area contributed by atoms with E-state index in [1.807, 2.05) is 12.1 Å². The molecule has 4 nitrogen and oxygen atoms in total. The number of rotatable bonds is 5. The fourth-order valence-electron chi connectivity index (χ4n) is 2.32. The minimum atomic E-state index is -3.17. The average Bonchev–Trinajstić information content (AvgIpc) is 3.00. The molecule has 0 atom stereocenters. The number of hydrogen-bond donors (Lipinski definition) is 1. The van der Waals surface area contributed by atoms with Gasteiger partial charge in [0.05, 0.1) is 12.4 Å². The van der Waals surface area contributed by atoms with E-state index >= 15 is 0 Å². The van der Waals surface area contributed by atoms with Gasteiger partial charge in [-0.1, -0.05) is 15.9 Å². The summed E-state index contributed by atoms with van der Waals surface area (Å²) >= 11 is 3.45. The summed E-state index contributed by atoms with van der Waals surface area (Å²) in [5.41, 5.74) is 2.05. The third kappa shape index (κ3) is 3.30. The van der Waals surface area contributed by atoms with Crippen molar-refractivity contribution in [3.63, 3.8) is 0 Å². The molecule has 0 amide bonds. The minimum Gasteiger partial charge on any atom is -0.493 e. The van der Waals surface area contributed by atoms with Crippen molar-refractivity contribution in [2.24, 2.45) is 5.92 Å². The molecular weight excluding hydrogens is 330 g/mol. The van der Waals surface area contributed by atoms with E-state index in [9.17, 15) is 8.42 Å². The van der Waals surface area contributed by atoms with Crippen molar-refractivity contribution in [3.8, 4) is 5.75 Å². The van der Waals surface area contributed by atoms with Crippen LogP contribution in [-0.4, -0.2) is 20.8 Å². The molecule has 104 valence electrons. The van der Waals surface area contributed by atoms with Gasteiger partial charge in [0.25, 0.3) is 0 Å². The molecule has 1 N–H and O–H groups in total. The molecule has 1 fully saturated rings. The molecule has 1 aromatic rings. The minimum absolute atomic E-state index is 0.254. The zero-order valence-electron chi connectivity index (χ0n) is 10.5. The SMILES string of the molecule is O=S(=O)(CC1CC1)NCc1cc(Br)cc2c1OCC2. The van der Waals surface area contributed by atoms with E-state index in [2.05, 4.69) is 20.7 Å². The van der Waals surface area contributed by atoms with Crippen LogP contribution in [0.3, 0.4) is 0 Å². The molecule has 0 radical (unpaired) electrons. The average molecular weight is 346 g/mol. The number of halogens is 1. The van der Waals surface area contributed by atoms with Gasteiger partial charge in [-0.25, -0.2) is 13.1 Å². The second kappa shape index (κ2) is 5.07. The van der Waals surface area contributed by atoms with Crippen LogP contribution in [0.2, 0.25) is 0 Å². The quantitative estimate of drug-likeness (QED) is 0.890. The standard InChI is InChI=1S/C13H16BrNO3S/c14-12-5-10-3-4-18-13(10)11(6-12)7-15-19(16,17)8-9-1-2-9/h5-6,9,15H,1-4,7-8H2. The van der Waals surface area contributed by atoms with Gasteiger partial charge < -0.3 is 4.74 Å². The van der Waals surface area contributed by atoms with Crippen molar-refractivity contribution >= 4 is 26.0 Å². The Hall–Kier alpha value is -0.590. The highest BCUT2D eigenvalue weighted by molar-refractivity contribution is 9.10. The number of nitrogens with one attached hydrogen (secondary N) is 1. The smallest absolute Gasteiger partial charge is 0.212 e. The van der Waals surface area contributed by atoms with E-state index < -0.39 is 10.0 Å². The van der Waals surface area contributed by atoms with Gasteiger partial charge in [0.1, 0.15) is 5.75 Å². The van der Waals surface area contributed by atoms with E-state index in [1.54, 1.807) is 0 Å². The first-order chi connectivity index (χ1) is 9.03. The van der Waals surface area contributed by atoms with Crippen molar-refractivity contribution in [1.29, 1.82) is 0 Å². The Bertz CT molecular complexity index is 596. The molecule has 0 spiro atoms. The van der Waals surface area contributed by atoms with Crippen molar-refractivity contribution in [1.82, 2.24) is 4.72 Å². The molecule has 1 aliphatic heterocycles. The fourth-order valence-corrected chi connectivity index (χ4v) is 4.32. The lowest BCUT2D eigenvalue weighted by Gasteiger charge is -2.10. The second-order valence-corrected chi connectivity index (χ2v) is 7.96. The summed E-state index contributed by atoms with van der Waals surface area (Å²) in [6.45, 7) is 0.977. The second-order valence-electron chi connectivity index (χ2n) is 5.20. The number of benzene rings is 1. The summed E-state index contributed by atoms with van der Waals surface area (Å²) < 4.78 is 33.0. The Morgan fingerprint density at radius 1 is 1.37 bits per heavy atom. The Labute approximate surface area is 121 Å². The first-order valence-electron chi connectivity index (χ1n) is 6.45. The molecule has 1 saturated carbocycles. The van der Waals surface area contributed by atoms with Crippen molar-refractivity contribution in [2.45, 2.75) is 25.8 Å². The molecule has 2 aliphatic rings. The molecule has 1 heterocycles. The molecule has 19 heavy (non-hydrogen) atoms. The predicted molar refractivity (Wildman–Crippen MR) is 76.7 cm³/mol. The van der Waals surface area contributed by atoms with E-state index in [-0.39, 0.29) is 5.75 Å². The summed E-state index contributed by atoms with van der Waals surface area (Å²) in [5, 5.41) is 0. The molecule has 3 rings (SSSR count). The third-order valence-corrected chi connectivity index (χ3v) is 5.41. The van der Waals surface area contributed by atoms with Gasteiger partial charge >= 0.3 is 0 Å². The van der Waals surface area contributed by atoms with Gasteiger partial charge in [-0.3, -0.25) is 0 Å². The summed E-state index contributed by atoms with van der Waals surface area (Å²) in [6, 6.07) is 3.95. The predicted octanol–water partition coefficient (Wildman–Crippen LogP) is 2.21. The van der Waals surface area contributed by atoms with Crippen LogP contribution in [0, 0.1) is 5.92 Å². The van der Waals surface area contributed by atoms with Crippen LogP contribution in [0.5, 0.6) is 5.75 Å². The highest BCUT2D eigenvalue weighted by Gasteiger charge is 2.28. The van der Waals surface area contributed by atoms with Gasteiger partial charge in [0, 0.05) is 23.0 Å². The lowest BCUT2D eigenvalue weighted by atomic mass is 10.1. The zero-order valence-corrected chi connectivity index (χ0v) is 12.9. The Morgan fingerprint density at radius 2 is 2.16 bits per heavy atom. The largest absolute Gasteiger partial charge is 0.493 e. The Kier molecular flexibility index (Phi) is 3.57. The van der Waals surface area contributed by atoms with Crippen molar-refractivity contribution < 1.29 is 13.2 Å². The molecule has 1 aromatic carbocycles. The fraction of sp³-hybridized carbons (Fsp3) is 0.538. The van der Waals surface area contributed by atoms with Gasteiger partial charge in [-0.15, -0.1) is 0 Å². The van der Waals surface area contributed by atoms with Crippen LogP contribution in [-0.2, 0) is 23.0 Å². The van der Waals surface area contributed by atoms with Crippen molar-refractivity contribution in [3.05, 3.63) is 27.7 Å². The van der Waals surface area contributed by atoms with Crippen LogP contribution >= 0.6 is 15.9 Å². The summed E-state index contributed by atoms with van der Waals surface area (Å²) in [7, 11) is -3.17. The number of sulfonamides is 1. The van der Waals surface area contributed by atoms with Gasteiger partial charge in [-0.05, 0) is 36.5 Å². The monoisotopic (exact) mass is 345 g/mol. The molecule has 0 bridgehead atoms. The van der Waals surface area contributed by atoms with Crippen LogP contribution in [0.4, 0.5) is 0 Å². The maximum atomic E-state index is 11.9. The molecule has 0 saturated heterocycles. The van der Waals surface area contributed by atoms with E-state index in [1.165, 1.54) is 0 Å². The molecular formula is C13H16BrNO3S. The van der Waals surface area contributed by atoms with Crippen LogP contribution in [0.15, 0.2) is 16.6 Å². The summed E-state index contributed by atoms with van der Waals surface area (Å²) in [6.07, 6.45) is 2.96. The maximum Gasteiger partial charge on any atom is 0.212 e. The van der Waals surface area contributed by atoms with Gasteiger partial charge in [0.15, 0.2) is 0 Å². The molecule has 0 unspecified atom stereocenters. The molecule has 6 heteroatoms. The van der Waals surface area contributed by atoms with E-state index in [0.29, 0.717) is 19.1 Å². The maximum absolute atomic E-state index is 11.9. The first kappa shape index (κ1) is 13.4. The van der Waals surface area contributed by atoms with E-state index in [0.717, 1.165) is 40.6 Å². The lowest BCUT2D eigenvalue weighted by molar-refractivity contribution is 0.353. The highest BCUT2D eigenvalue weighted by atomic mass is 79.9. The van der Waals surface area contributed by atoms with Crippen LogP contribution in [0.25, 0.3) is 0 Å². The number of hydrogen-bond acceptors (Lipinski definition) is 3. The summed E-state index contributed by atoms with van der Waals surface area (Å²) in [4.78, 5) is 0. The normalized spacial score (nSPS) is 18.2. The Morgan fingerprint density at radius 3 is 2.89 bits per heavy atom. The topological polar surface area (TPSA) is 55.4 Å². The highest BCUT2D eigenvalue weighted by Crippen LogP contribution is 2.33. The molecule has 1 aliphatic carbocycles. The lowest BCUT2D eigenvalue weighted by Crippen LogP contribution is -2.26. The molecule has 0 aromatic heterocycles. The summed E-state index contributed by atoms with van der Waals surface area (Å²) in [5.74, 6) is 1.46. The van der Waals surface area contributed by atoms with Crippen LogP contribution in [0.1, 0.15) is 24.0 Å². The number of fused-ring (bicyclic) bond motifs is 1. The Balaban J connectivity index is 1.73.